The number of terminal acetylenes is 1. The molecule has 0 bridgehead atoms. The largest absolute Gasteiger partial charge is 0.304 e. The van der Waals surface area contributed by atoms with Crippen LogP contribution in [0, 0.1) is 29.4 Å². The van der Waals surface area contributed by atoms with E-state index in [4.69, 9.17) is 11.8 Å². The van der Waals surface area contributed by atoms with Gasteiger partial charge in [-0.1, -0.05) is 35.8 Å². The van der Waals surface area contributed by atoms with Crippen LogP contribution in [-0.4, -0.2) is 44.9 Å². The first kappa shape index (κ1) is 27.9. The van der Waals surface area contributed by atoms with E-state index in [2.05, 4.69) is 20.8 Å². The molecule has 0 unspecified atom stereocenters. The summed E-state index contributed by atoms with van der Waals surface area (Å²) in [5.74, 6) is 1.81. The summed E-state index contributed by atoms with van der Waals surface area (Å²) in [6.07, 6.45) is 8.46. The maximum Gasteiger partial charge on any atom is 0.276 e. The first-order valence-corrected chi connectivity index (χ1v) is 13.9. The molecule has 1 saturated heterocycles. The van der Waals surface area contributed by atoms with Gasteiger partial charge < -0.3 is 10.3 Å². The van der Waals surface area contributed by atoms with Crippen molar-refractivity contribution in [2.24, 2.45) is 5.10 Å². The molecule has 1 aliphatic heterocycles. The summed E-state index contributed by atoms with van der Waals surface area (Å²) in [6, 6.07) is 18.5. The first-order chi connectivity index (χ1) is 18.7. The van der Waals surface area contributed by atoms with E-state index in [-0.39, 0.29) is 22.2 Å². The number of benzene rings is 3. The SMILES string of the molecule is C#Cc1ccc(S(=O)(=O)N/N=C\C(=N)CCN2CCC(=C(c3ccc(F)cc3)c3ccc(F)cc3)CC2)cc1. The Kier molecular flexibility index (Phi) is 9.02. The normalized spacial score (nSPS) is 14.2. The standard InChI is InChI=1S/C30H28F2N4O2S/c1-2-22-3-13-29(14-4-22)39(37,38)35-34-21-28(33)17-20-36-18-15-25(16-19-36)30(23-5-9-26(31)10-6-23)24-7-11-27(32)12-8-24/h1,3-14,21,33,35H,15-20H2/b33-28?,34-21-. The van der Waals surface area contributed by atoms with Gasteiger partial charge in [-0.05, 0) is 78.1 Å². The Morgan fingerprint density at radius 1 is 0.949 bits per heavy atom. The van der Waals surface area contributed by atoms with Gasteiger partial charge in [-0.3, -0.25) is 0 Å². The van der Waals surface area contributed by atoms with Crippen LogP contribution in [0.4, 0.5) is 8.78 Å². The molecule has 0 aromatic heterocycles. The van der Waals surface area contributed by atoms with E-state index >= 15 is 0 Å². The molecule has 4 rings (SSSR count). The van der Waals surface area contributed by atoms with Crippen molar-refractivity contribution in [1.82, 2.24) is 9.73 Å². The number of hydrogen-bond donors (Lipinski definition) is 2. The van der Waals surface area contributed by atoms with Crippen molar-refractivity contribution < 1.29 is 17.2 Å². The predicted octanol–water partition coefficient (Wildman–Crippen LogP) is 5.22. The van der Waals surface area contributed by atoms with Crippen LogP contribution in [0.5, 0.6) is 0 Å². The Morgan fingerprint density at radius 3 is 2.00 bits per heavy atom. The lowest BCUT2D eigenvalue weighted by Crippen LogP contribution is -2.33. The van der Waals surface area contributed by atoms with Crippen LogP contribution >= 0.6 is 0 Å². The van der Waals surface area contributed by atoms with Gasteiger partial charge in [0.15, 0.2) is 0 Å². The lowest BCUT2D eigenvalue weighted by molar-refractivity contribution is 0.264. The minimum atomic E-state index is -3.85. The average Bonchev–Trinajstić information content (AvgIpc) is 2.94. The molecule has 0 saturated carbocycles. The third kappa shape index (κ3) is 7.47. The molecular weight excluding hydrogens is 518 g/mol. The van der Waals surface area contributed by atoms with Gasteiger partial charge in [0.05, 0.1) is 16.8 Å². The van der Waals surface area contributed by atoms with Crippen molar-refractivity contribution in [2.75, 3.05) is 19.6 Å². The molecule has 200 valence electrons. The van der Waals surface area contributed by atoms with Gasteiger partial charge in [0, 0.05) is 31.6 Å². The smallest absolute Gasteiger partial charge is 0.276 e. The fourth-order valence-electron chi connectivity index (χ4n) is 4.40. The summed E-state index contributed by atoms with van der Waals surface area (Å²) in [6.45, 7) is 2.17. The molecule has 2 N–H and O–H groups in total. The topological polar surface area (TPSA) is 85.6 Å². The monoisotopic (exact) mass is 546 g/mol. The van der Waals surface area contributed by atoms with Crippen LogP contribution in [-0.2, 0) is 10.0 Å². The lowest BCUT2D eigenvalue weighted by Gasteiger charge is -2.30. The van der Waals surface area contributed by atoms with Crippen molar-refractivity contribution in [3.8, 4) is 12.3 Å². The minimum Gasteiger partial charge on any atom is -0.304 e. The van der Waals surface area contributed by atoms with Gasteiger partial charge in [-0.15, -0.1) is 6.42 Å². The zero-order valence-corrected chi connectivity index (χ0v) is 22.0. The number of likely N-dealkylation sites (tertiary alicyclic amines) is 1. The highest BCUT2D eigenvalue weighted by Crippen LogP contribution is 2.32. The molecule has 9 heteroatoms. The molecule has 0 atom stereocenters. The van der Waals surface area contributed by atoms with E-state index in [0.29, 0.717) is 18.5 Å². The highest BCUT2D eigenvalue weighted by Gasteiger charge is 2.19. The number of nitrogens with one attached hydrogen (secondary N) is 2. The van der Waals surface area contributed by atoms with Gasteiger partial charge >= 0.3 is 0 Å². The second-order valence-corrected chi connectivity index (χ2v) is 10.8. The highest BCUT2D eigenvalue weighted by molar-refractivity contribution is 7.89. The predicted molar refractivity (Wildman–Crippen MR) is 150 cm³/mol. The number of sulfonamides is 1. The summed E-state index contributed by atoms with van der Waals surface area (Å²) in [7, 11) is -3.85. The van der Waals surface area contributed by atoms with E-state index in [0.717, 1.165) is 42.6 Å². The quantitative estimate of drug-likeness (QED) is 0.219. The van der Waals surface area contributed by atoms with Crippen molar-refractivity contribution >= 4 is 27.5 Å². The number of halogens is 2. The zero-order valence-electron chi connectivity index (χ0n) is 21.2. The Balaban J connectivity index is 1.33. The number of rotatable bonds is 9. The molecule has 6 nitrogen and oxygen atoms in total. The highest BCUT2D eigenvalue weighted by atomic mass is 32.2. The molecule has 1 heterocycles. The fraction of sp³-hybridized carbons (Fsp3) is 0.200. The van der Waals surface area contributed by atoms with Gasteiger partial charge in [-0.25, -0.2) is 13.6 Å². The fourth-order valence-corrected chi connectivity index (χ4v) is 5.20. The van der Waals surface area contributed by atoms with Crippen LogP contribution in [0.3, 0.4) is 0 Å². The van der Waals surface area contributed by atoms with E-state index < -0.39 is 10.0 Å². The van der Waals surface area contributed by atoms with Crippen molar-refractivity contribution in [3.05, 3.63) is 107 Å². The Hall–Kier alpha value is -4.13. The molecule has 0 aliphatic carbocycles. The van der Waals surface area contributed by atoms with Gasteiger partial charge in [-0.2, -0.15) is 13.5 Å². The number of hydrogen-bond acceptors (Lipinski definition) is 5. The van der Waals surface area contributed by atoms with E-state index in [1.807, 2.05) is 0 Å². The van der Waals surface area contributed by atoms with E-state index in [1.54, 1.807) is 24.3 Å². The molecule has 3 aromatic carbocycles. The first-order valence-electron chi connectivity index (χ1n) is 12.4. The van der Waals surface area contributed by atoms with Crippen LogP contribution in [0.1, 0.15) is 36.0 Å². The van der Waals surface area contributed by atoms with Crippen LogP contribution in [0.2, 0.25) is 0 Å². The molecular formula is C30H28F2N4O2S. The molecule has 0 radical (unpaired) electrons. The molecule has 39 heavy (non-hydrogen) atoms. The third-order valence-corrected chi connectivity index (χ3v) is 7.74. The van der Waals surface area contributed by atoms with E-state index in [9.17, 15) is 17.2 Å². The Bertz CT molecular complexity index is 1470. The number of nitrogens with zero attached hydrogens (tertiary/aromatic N) is 2. The van der Waals surface area contributed by atoms with Crippen molar-refractivity contribution in [1.29, 1.82) is 5.41 Å². The van der Waals surface area contributed by atoms with Crippen molar-refractivity contribution in [3.63, 3.8) is 0 Å². The summed E-state index contributed by atoms with van der Waals surface area (Å²) in [5, 5.41) is 11.9. The molecule has 0 amide bonds. The minimum absolute atomic E-state index is 0.0306. The molecule has 1 aliphatic rings. The van der Waals surface area contributed by atoms with E-state index in [1.165, 1.54) is 60.3 Å². The lowest BCUT2D eigenvalue weighted by atomic mass is 9.88. The second-order valence-electron chi connectivity index (χ2n) is 9.13. The number of piperidine rings is 1. The average molecular weight is 547 g/mol. The molecule has 3 aromatic rings. The van der Waals surface area contributed by atoms with Gasteiger partial charge in [0.25, 0.3) is 10.0 Å². The van der Waals surface area contributed by atoms with Crippen molar-refractivity contribution in [2.45, 2.75) is 24.2 Å². The van der Waals surface area contributed by atoms with Gasteiger partial charge in [0.2, 0.25) is 0 Å². The van der Waals surface area contributed by atoms with Gasteiger partial charge in [0.1, 0.15) is 11.6 Å². The maximum absolute atomic E-state index is 13.5. The van der Waals surface area contributed by atoms with Crippen LogP contribution in [0.25, 0.3) is 5.57 Å². The van der Waals surface area contributed by atoms with Crippen LogP contribution < -0.4 is 4.83 Å². The molecule has 1 fully saturated rings. The third-order valence-electron chi connectivity index (χ3n) is 6.50. The summed E-state index contributed by atoms with van der Waals surface area (Å²) in [5.41, 5.74) is 4.75. The molecule has 0 spiro atoms. The summed E-state index contributed by atoms with van der Waals surface area (Å²) in [4.78, 5) is 4.38. The summed E-state index contributed by atoms with van der Waals surface area (Å²) < 4.78 is 51.8. The maximum atomic E-state index is 13.5. The van der Waals surface area contributed by atoms with Crippen LogP contribution in [0.15, 0.2) is 88.4 Å². The Morgan fingerprint density at radius 2 is 1.49 bits per heavy atom. The second kappa shape index (κ2) is 12.6. The zero-order chi connectivity index (χ0) is 27.8. The summed E-state index contributed by atoms with van der Waals surface area (Å²) >= 11 is 0. The number of hydrazone groups is 1. The Labute approximate surface area is 227 Å².